The van der Waals surface area contributed by atoms with Crippen LogP contribution in [0.15, 0.2) is 40.3 Å². The van der Waals surface area contributed by atoms with Gasteiger partial charge in [-0.15, -0.1) is 0 Å². The van der Waals surface area contributed by atoms with Crippen LogP contribution in [0.5, 0.6) is 0 Å². The summed E-state index contributed by atoms with van der Waals surface area (Å²) in [5.41, 5.74) is 1.53. The molecule has 0 saturated heterocycles. The summed E-state index contributed by atoms with van der Waals surface area (Å²) in [4.78, 5) is 27.3. The smallest absolute Gasteiger partial charge is 0.276 e. The molecule has 1 aromatic carbocycles. The van der Waals surface area contributed by atoms with Gasteiger partial charge in [-0.25, -0.2) is 22.5 Å². The van der Waals surface area contributed by atoms with Crippen molar-refractivity contribution in [3.05, 3.63) is 63.6 Å². The van der Waals surface area contributed by atoms with Gasteiger partial charge < -0.3 is 9.97 Å². The van der Waals surface area contributed by atoms with Gasteiger partial charge in [0.05, 0.1) is 10.4 Å². The Morgan fingerprint density at radius 3 is 2.71 bits per heavy atom. The van der Waals surface area contributed by atoms with E-state index in [0.717, 1.165) is 29.5 Å². The third kappa shape index (κ3) is 4.04. The highest BCUT2D eigenvalue weighted by atomic mass is 32.2. The number of aromatic nitrogens is 4. The van der Waals surface area contributed by atoms with Crippen LogP contribution in [0.4, 0.5) is 4.39 Å². The molecule has 0 amide bonds. The third-order valence-electron chi connectivity index (χ3n) is 6.87. The van der Waals surface area contributed by atoms with Crippen molar-refractivity contribution in [2.45, 2.75) is 61.9 Å². The Balaban J connectivity index is 1.48. The Hall–Kier alpha value is -3.11. The molecular formula is C25H26FN5O3S. The number of pyridine rings is 2. The minimum absolute atomic E-state index is 0.115. The van der Waals surface area contributed by atoms with Crippen molar-refractivity contribution in [2.75, 3.05) is 6.54 Å². The van der Waals surface area contributed by atoms with Crippen LogP contribution in [-0.2, 0) is 22.9 Å². The number of hydrogen-bond donors (Lipinski definition) is 3. The number of aromatic amines is 2. The number of rotatable bonds is 6. The highest BCUT2D eigenvalue weighted by Gasteiger charge is 2.35. The highest BCUT2D eigenvalue weighted by molar-refractivity contribution is 7.89. The molecule has 3 aromatic heterocycles. The predicted molar refractivity (Wildman–Crippen MR) is 131 cm³/mol. The summed E-state index contributed by atoms with van der Waals surface area (Å²) in [5, 5.41) is 1.36. The van der Waals surface area contributed by atoms with Crippen LogP contribution < -0.4 is 10.3 Å². The fourth-order valence-electron chi connectivity index (χ4n) is 4.97. The minimum Gasteiger partial charge on any atom is -0.342 e. The molecule has 182 valence electrons. The van der Waals surface area contributed by atoms with E-state index in [1.165, 1.54) is 13.8 Å². The van der Waals surface area contributed by atoms with Gasteiger partial charge in [-0.3, -0.25) is 9.78 Å². The van der Waals surface area contributed by atoms with E-state index in [0.29, 0.717) is 46.6 Å². The first-order valence-corrected chi connectivity index (χ1v) is 13.3. The zero-order chi connectivity index (χ0) is 24.5. The van der Waals surface area contributed by atoms with E-state index in [1.54, 1.807) is 18.5 Å². The van der Waals surface area contributed by atoms with E-state index < -0.39 is 15.7 Å². The number of alkyl halides is 1. The Bertz CT molecular complexity index is 1650. The maximum atomic E-state index is 14.2. The predicted octanol–water partition coefficient (Wildman–Crippen LogP) is 3.59. The van der Waals surface area contributed by atoms with Crippen LogP contribution in [-0.4, -0.2) is 40.6 Å². The van der Waals surface area contributed by atoms with Crippen molar-refractivity contribution < 1.29 is 12.8 Å². The molecule has 1 fully saturated rings. The molecule has 35 heavy (non-hydrogen) atoms. The molecule has 0 spiro atoms. The van der Waals surface area contributed by atoms with Gasteiger partial charge in [0.15, 0.2) is 5.52 Å². The normalized spacial score (nSPS) is 18.4. The molecule has 3 N–H and O–H groups in total. The molecule has 0 bridgehead atoms. The lowest BCUT2D eigenvalue weighted by molar-refractivity contribution is 0.221. The van der Waals surface area contributed by atoms with Crippen LogP contribution in [0.3, 0.4) is 0 Å². The summed E-state index contributed by atoms with van der Waals surface area (Å²) >= 11 is 0. The molecule has 6 rings (SSSR count). The summed E-state index contributed by atoms with van der Waals surface area (Å²) in [6.07, 6.45) is 6.43. The van der Waals surface area contributed by atoms with Gasteiger partial charge >= 0.3 is 0 Å². The van der Waals surface area contributed by atoms with E-state index in [2.05, 4.69) is 24.7 Å². The van der Waals surface area contributed by atoms with Crippen LogP contribution in [0.2, 0.25) is 0 Å². The van der Waals surface area contributed by atoms with Crippen LogP contribution in [0.25, 0.3) is 21.8 Å². The Morgan fingerprint density at radius 1 is 1.20 bits per heavy atom. The molecule has 10 heteroatoms. The zero-order valence-corrected chi connectivity index (χ0v) is 20.3. The summed E-state index contributed by atoms with van der Waals surface area (Å²) in [7, 11) is -4.01. The maximum Gasteiger partial charge on any atom is 0.276 e. The number of hydrogen-bond acceptors (Lipinski definition) is 5. The number of nitrogens with zero attached hydrogens (tertiary/aromatic N) is 2. The van der Waals surface area contributed by atoms with Crippen LogP contribution in [0.1, 0.15) is 61.2 Å². The number of fused-ring (bicyclic) bond motifs is 3. The molecule has 0 aliphatic heterocycles. The first-order chi connectivity index (χ1) is 16.6. The molecule has 1 unspecified atom stereocenters. The van der Waals surface area contributed by atoms with Crippen molar-refractivity contribution in [1.29, 1.82) is 0 Å². The molecule has 1 saturated carbocycles. The summed E-state index contributed by atoms with van der Waals surface area (Å²) in [6.45, 7) is 2.37. The molecule has 0 radical (unpaired) electrons. The lowest BCUT2D eigenvalue weighted by atomic mass is 10.0. The third-order valence-corrected chi connectivity index (χ3v) is 8.40. The summed E-state index contributed by atoms with van der Waals surface area (Å²) in [5.74, 6) is 0.897. The minimum atomic E-state index is -4.01. The molecule has 1 atom stereocenters. The standard InChI is InChI=1S/C25H26FN5O3S/c1-25(2,26)12-29-35(33,34)22-17-9-15(23-30-19-5-6-27-24(32)21(19)31-23)7-14(17)8-16-11-28-20(10-18(16)22)13-3-4-13/h5-6,8,10-11,13,15,29H,3-4,7,9,12H2,1-2H3,(H,27,32)(H,30,31). The number of H-pyrrole nitrogens is 2. The van der Waals surface area contributed by atoms with Crippen LogP contribution in [0, 0.1) is 0 Å². The molecule has 3 heterocycles. The van der Waals surface area contributed by atoms with Gasteiger partial charge in [0.1, 0.15) is 11.5 Å². The molecular weight excluding hydrogens is 469 g/mol. The Kier molecular flexibility index (Phi) is 4.92. The van der Waals surface area contributed by atoms with Crippen molar-refractivity contribution in [2.24, 2.45) is 0 Å². The first kappa shape index (κ1) is 22.4. The quantitative estimate of drug-likeness (QED) is 0.378. The number of imidazole rings is 1. The fourth-order valence-corrected chi connectivity index (χ4v) is 6.65. The Morgan fingerprint density at radius 2 is 2.00 bits per heavy atom. The van der Waals surface area contributed by atoms with Gasteiger partial charge in [0.25, 0.3) is 5.56 Å². The second-order valence-corrected chi connectivity index (χ2v) is 12.0. The molecule has 2 aliphatic rings. The SMILES string of the molecule is CC(C)(F)CNS(=O)(=O)c1c2c(cc3cnc(C4CC4)cc13)CC(c1nc3c(=O)[nH]ccc3[nH]1)C2. The van der Waals surface area contributed by atoms with Crippen molar-refractivity contribution in [3.63, 3.8) is 0 Å². The largest absolute Gasteiger partial charge is 0.342 e. The average molecular weight is 496 g/mol. The number of halogens is 1. The van der Waals surface area contributed by atoms with Crippen molar-refractivity contribution in [1.82, 2.24) is 24.7 Å². The lowest BCUT2D eigenvalue weighted by Crippen LogP contribution is -2.35. The zero-order valence-electron chi connectivity index (χ0n) is 19.5. The van der Waals surface area contributed by atoms with Gasteiger partial charge in [0, 0.05) is 47.2 Å². The summed E-state index contributed by atoms with van der Waals surface area (Å²) in [6, 6.07) is 5.64. The number of benzene rings is 1. The van der Waals surface area contributed by atoms with Crippen LogP contribution >= 0.6 is 0 Å². The molecule has 8 nitrogen and oxygen atoms in total. The topological polar surface area (TPSA) is 121 Å². The van der Waals surface area contributed by atoms with E-state index in [9.17, 15) is 17.6 Å². The van der Waals surface area contributed by atoms with E-state index in [-0.39, 0.29) is 22.9 Å². The van der Waals surface area contributed by atoms with Crippen molar-refractivity contribution in [3.8, 4) is 0 Å². The monoisotopic (exact) mass is 495 g/mol. The summed E-state index contributed by atoms with van der Waals surface area (Å²) < 4.78 is 44.0. The fraction of sp³-hybridized carbons (Fsp3) is 0.400. The number of nitrogens with one attached hydrogen (secondary N) is 3. The average Bonchev–Trinajstić information content (AvgIpc) is 3.41. The van der Waals surface area contributed by atoms with E-state index >= 15 is 0 Å². The highest BCUT2D eigenvalue weighted by Crippen LogP contribution is 2.43. The Labute approximate surface area is 201 Å². The van der Waals surface area contributed by atoms with E-state index in [4.69, 9.17) is 0 Å². The molecule has 4 aromatic rings. The lowest BCUT2D eigenvalue weighted by Gasteiger charge is -2.18. The second kappa shape index (κ2) is 7.69. The molecule has 2 aliphatic carbocycles. The van der Waals surface area contributed by atoms with Gasteiger partial charge in [-0.05, 0) is 68.9 Å². The number of sulfonamides is 1. The van der Waals surface area contributed by atoms with Gasteiger partial charge in [-0.1, -0.05) is 0 Å². The first-order valence-electron chi connectivity index (χ1n) is 11.8. The van der Waals surface area contributed by atoms with Gasteiger partial charge in [-0.2, -0.15) is 0 Å². The van der Waals surface area contributed by atoms with Crippen molar-refractivity contribution >= 4 is 31.8 Å². The van der Waals surface area contributed by atoms with Gasteiger partial charge in [0.2, 0.25) is 10.0 Å². The maximum absolute atomic E-state index is 14.2. The van der Waals surface area contributed by atoms with E-state index in [1.807, 2.05) is 12.1 Å². The second-order valence-electron chi connectivity index (χ2n) is 10.3.